The Morgan fingerprint density at radius 1 is 1.46 bits per heavy atom. The molecule has 0 aromatic heterocycles. The van der Waals surface area contributed by atoms with Crippen LogP contribution in [0.4, 0.5) is 10.1 Å². The second-order valence-corrected chi connectivity index (χ2v) is 3.05. The van der Waals surface area contributed by atoms with Gasteiger partial charge in [0.25, 0.3) is 5.91 Å². The van der Waals surface area contributed by atoms with Crippen molar-refractivity contribution in [3.05, 3.63) is 29.3 Å². The summed E-state index contributed by atoms with van der Waals surface area (Å²) in [7, 11) is 0. The van der Waals surface area contributed by atoms with Gasteiger partial charge in [-0.1, -0.05) is 11.6 Å². The van der Waals surface area contributed by atoms with Crippen LogP contribution < -0.4 is 5.32 Å². The lowest BCUT2D eigenvalue weighted by Crippen LogP contribution is -2.20. The number of amides is 1. The minimum Gasteiger partial charge on any atom is -0.324 e. The van der Waals surface area contributed by atoms with E-state index >= 15 is 0 Å². The molecule has 0 saturated carbocycles. The normalized spacial score (nSPS) is 12.2. The van der Waals surface area contributed by atoms with Gasteiger partial charge in [-0.2, -0.15) is 0 Å². The predicted octanol–water partition coefficient (Wildman–Crippen LogP) is 2.64. The SMILES string of the molecule is CC(F)C(=O)Nc1ccc(Cl)cc1. The summed E-state index contributed by atoms with van der Waals surface area (Å²) in [6, 6.07) is 6.48. The molecule has 1 atom stereocenters. The highest BCUT2D eigenvalue weighted by Gasteiger charge is 2.09. The van der Waals surface area contributed by atoms with Crippen LogP contribution >= 0.6 is 11.6 Å². The van der Waals surface area contributed by atoms with Gasteiger partial charge in [-0.3, -0.25) is 4.79 Å². The van der Waals surface area contributed by atoms with Gasteiger partial charge in [-0.15, -0.1) is 0 Å². The van der Waals surface area contributed by atoms with Gasteiger partial charge in [0.05, 0.1) is 0 Å². The molecule has 1 aromatic rings. The van der Waals surface area contributed by atoms with Crippen molar-refractivity contribution >= 4 is 23.2 Å². The van der Waals surface area contributed by atoms with Crippen LogP contribution in [0.3, 0.4) is 0 Å². The van der Waals surface area contributed by atoms with Gasteiger partial charge in [0, 0.05) is 10.7 Å². The standard InChI is InChI=1S/C9H9ClFNO/c1-6(11)9(13)12-8-4-2-7(10)3-5-8/h2-6H,1H3,(H,12,13). The third-order valence-electron chi connectivity index (χ3n) is 1.47. The van der Waals surface area contributed by atoms with Crippen LogP contribution in [0.5, 0.6) is 0 Å². The maximum atomic E-state index is 12.4. The fourth-order valence-electron chi connectivity index (χ4n) is 0.775. The Hall–Kier alpha value is -1.09. The van der Waals surface area contributed by atoms with Crippen molar-refractivity contribution in [3.8, 4) is 0 Å². The molecule has 1 amide bonds. The van der Waals surface area contributed by atoms with Crippen LogP contribution in [0.2, 0.25) is 5.02 Å². The largest absolute Gasteiger partial charge is 0.324 e. The zero-order valence-corrected chi connectivity index (χ0v) is 7.81. The van der Waals surface area contributed by atoms with E-state index in [1.165, 1.54) is 6.92 Å². The molecule has 0 aliphatic heterocycles. The summed E-state index contributed by atoms with van der Waals surface area (Å²) in [6.07, 6.45) is -1.50. The molecule has 0 radical (unpaired) electrons. The summed E-state index contributed by atoms with van der Waals surface area (Å²) in [4.78, 5) is 10.9. The molecule has 1 N–H and O–H groups in total. The Kier molecular flexibility index (Phi) is 3.25. The summed E-state index contributed by atoms with van der Waals surface area (Å²) in [5.41, 5.74) is 0.541. The van der Waals surface area contributed by atoms with E-state index in [2.05, 4.69) is 5.32 Å². The molecule has 0 aliphatic carbocycles. The highest BCUT2D eigenvalue weighted by atomic mass is 35.5. The molecular formula is C9H9ClFNO. The Morgan fingerprint density at radius 2 is 2.00 bits per heavy atom. The van der Waals surface area contributed by atoms with Crippen molar-refractivity contribution in [2.75, 3.05) is 5.32 Å². The van der Waals surface area contributed by atoms with Gasteiger partial charge in [0.2, 0.25) is 0 Å². The van der Waals surface area contributed by atoms with E-state index in [0.717, 1.165) is 0 Å². The number of rotatable bonds is 2. The maximum absolute atomic E-state index is 12.4. The highest BCUT2D eigenvalue weighted by Crippen LogP contribution is 2.13. The first-order valence-corrected chi connectivity index (χ1v) is 4.18. The number of alkyl halides is 1. The summed E-state index contributed by atoms with van der Waals surface area (Å²) < 4.78 is 12.4. The second-order valence-electron chi connectivity index (χ2n) is 2.61. The Morgan fingerprint density at radius 3 is 2.46 bits per heavy atom. The van der Waals surface area contributed by atoms with Gasteiger partial charge in [-0.25, -0.2) is 4.39 Å². The molecule has 0 aliphatic rings. The topological polar surface area (TPSA) is 29.1 Å². The smallest absolute Gasteiger partial charge is 0.258 e. The molecule has 0 heterocycles. The Labute approximate surface area is 80.7 Å². The van der Waals surface area contributed by atoms with Crippen molar-refractivity contribution in [3.63, 3.8) is 0 Å². The average Bonchev–Trinajstić information content (AvgIpc) is 2.08. The number of halogens is 2. The average molecular weight is 202 g/mol. The van der Waals surface area contributed by atoms with Gasteiger partial charge in [-0.05, 0) is 31.2 Å². The first kappa shape index (κ1) is 9.99. The first-order chi connectivity index (χ1) is 6.09. The van der Waals surface area contributed by atoms with Crippen LogP contribution in [0.1, 0.15) is 6.92 Å². The lowest BCUT2D eigenvalue weighted by molar-refractivity contribution is -0.120. The van der Waals surface area contributed by atoms with E-state index in [4.69, 9.17) is 11.6 Å². The van der Waals surface area contributed by atoms with Crippen molar-refractivity contribution < 1.29 is 9.18 Å². The molecule has 4 heteroatoms. The van der Waals surface area contributed by atoms with Gasteiger partial charge in [0.15, 0.2) is 6.17 Å². The van der Waals surface area contributed by atoms with Crippen LogP contribution in [0.15, 0.2) is 24.3 Å². The molecule has 0 bridgehead atoms. The van der Waals surface area contributed by atoms with Crippen LogP contribution in [0, 0.1) is 0 Å². The molecule has 0 saturated heterocycles. The lowest BCUT2D eigenvalue weighted by atomic mass is 10.3. The molecule has 0 fully saturated rings. The Balaban J connectivity index is 2.65. The van der Waals surface area contributed by atoms with Gasteiger partial charge in [0.1, 0.15) is 0 Å². The molecule has 1 rings (SSSR count). The summed E-state index contributed by atoms with van der Waals surface area (Å²) in [5.74, 6) is -0.651. The van der Waals surface area contributed by atoms with Crippen LogP contribution in [-0.4, -0.2) is 12.1 Å². The third kappa shape index (κ3) is 3.03. The quantitative estimate of drug-likeness (QED) is 0.783. The summed E-state index contributed by atoms with van der Waals surface area (Å²) in [6.45, 7) is 1.19. The molecule has 13 heavy (non-hydrogen) atoms. The zero-order valence-electron chi connectivity index (χ0n) is 7.05. The minimum absolute atomic E-state index is 0.541. The van der Waals surface area contributed by atoms with Crippen molar-refractivity contribution in [2.24, 2.45) is 0 Å². The molecule has 0 spiro atoms. The third-order valence-corrected chi connectivity index (χ3v) is 1.73. The van der Waals surface area contributed by atoms with E-state index in [-0.39, 0.29) is 0 Å². The Bertz CT molecular complexity index is 297. The lowest BCUT2D eigenvalue weighted by Gasteiger charge is -2.04. The molecule has 2 nitrogen and oxygen atoms in total. The first-order valence-electron chi connectivity index (χ1n) is 3.80. The molecule has 1 aromatic carbocycles. The zero-order chi connectivity index (χ0) is 9.84. The van der Waals surface area contributed by atoms with E-state index in [1.54, 1.807) is 24.3 Å². The van der Waals surface area contributed by atoms with Crippen molar-refractivity contribution in [1.29, 1.82) is 0 Å². The number of nitrogens with one attached hydrogen (secondary N) is 1. The molecular weight excluding hydrogens is 193 g/mol. The number of hydrogen-bond donors (Lipinski definition) is 1. The van der Waals surface area contributed by atoms with Gasteiger partial charge < -0.3 is 5.32 Å². The predicted molar refractivity (Wildman–Crippen MR) is 50.7 cm³/mol. The number of anilines is 1. The van der Waals surface area contributed by atoms with E-state index in [9.17, 15) is 9.18 Å². The van der Waals surface area contributed by atoms with Crippen molar-refractivity contribution in [2.45, 2.75) is 13.1 Å². The van der Waals surface area contributed by atoms with Crippen molar-refractivity contribution in [1.82, 2.24) is 0 Å². The second kappa shape index (κ2) is 4.23. The van der Waals surface area contributed by atoms with E-state index in [0.29, 0.717) is 10.7 Å². The van der Waals surface area contributed by atoms with Crippen LogP contribution in [-0.2, 0) is 4.79 Å². The fourth-order valence-corrected chi connectivity index (χ4v) is 0.901. The number of carbonyl (C=O) groups is 1. The van der Waals surface area contributed by atoms with Gasteiger partial charge >= 0.3 is 0 Å². The summed E-state index contributed by atoms with van der Waals surface area (Å²) in [5, 5.41) is 2.97. The molecule has 1 unspecified atom stereocenters. The fraction of sp³-hybridized carbons (Fsp3) is 0.222. The number of carbonyl (C=O) groups excluding carboxylic acids is 1. The monoisotopic (exact) mass is 201 g/mol. The highest BCUT2D eigenvalue weighted by molar-refractivity contribution is 6.30. The number of benzene rings is 1. The van der Waals surface area contributed by atoms with E-state index < -0.39 is 12.1 Å². The molecule has 70 valence electrons. The summed E-state index contributed by atoms with van der Waals surface area (Å²) >= 11 is 5.62. The minimum atomic E-state index is -1.50. The van der Waals surface area contributed by atoms with Crippen LogP contribution in [0.25, 0.3) is 0 Å². The number of hydrogen-bond acceptors (Lipinski definition) is 1. The maximum Gasteiger partial charge on any atom is 0.258 e. The van der Waals surface area contributed by atoms with E-state index in [1.807, 2.05) is 0 Å².